The summed E-state index contributed by atoms with van der Waals surface area (Å²) in [6.07, 6.45) is 1.83. The molecule has 0 aliphatic rings. The highest BCUT2D eigenvalue weighted by Gasteiger charge is 2.26. The quantitative estimate of drug-likeness (QED) is 0.699. The SMILES string of the molecule is Cc1cc(CCc2cc(C(C)(C)C)c(O)c(C(C)(C)C)c2)cc(C)c1O. The van der Waals surface area contributed by atoms with Gasteiger partial charge in [-0.1, -0.05) is 65.8 Å². The predicted octanol–water partition coefficient (Wildman–Crippen LogP) is 6.09. The Morgan fingerprint density at radius 2 is 0.962 bits per heavy atom. The van der Waals surface area contributed by atoms with E-state index < -0.39 is 0 Å². The molecule has 0 aliphatic heterocycles. The highest BCUT2D eigenvalue weighted by atomic mass is 16.3. The van der Waals surface area contributed by atoms with Crippen molar-refractivity contribution in [3.05, 3.63) is 57.6 Å². The lowest BCUT2D eigenvalue weighted by atomic mass is 9.78. The minimum absolute atomic E-state index is 0.105. The van der Waals surface area contributed by atoms with E-state index >= 15 is 0 Å². The average Bonchev–Trinajstić information content (AvgIpc) is 2.49. The molecule has 0 spiro atoms. The Morgan fingerprint density at radius 3 is 1.31 bits per heavy atom. The summed E-state index contributed by atoms with van der Waals surface area (Å²) in [5.74, 6) is 0.827. The maximum absolute atomic E-state index is 10.8. The predicted molar refractivity (Wildman–Crippen MR) is 110 cm³/mol. The molecule has 2 rings (SSSR count). The summed E-state index contributed by atoms with van der Waals surface area (Å²) >= 11 is 0. The van der Waals surface area contributed by atoms with E-state index in [4.69, 9.17) is 0 Å². The third-order valence-electron chi connectivity index (χ3n) is 5.04. The van der Waals surface area contributed by atoms with E-state index in [1.54, 1.807) is 0 Å². The van der Waals surface area contributed by atoms with Gasteiger partial charge in [-0.25, -0.2) is 0 Å². The van der Waals surface area contributed by atoms with Crippen LogP contribution in [-0.4, -0.2) is 10.2 Å². The zero-order valence-electron chi connectivity index (χ0n) is 17.6. The van der Waals surface area contributed by atoms with Crippen LogP contribution >= 0.6 is 0 Å². The molecule has 0 saturated carbocycles. The molecular weight excluding hydrogens is 320 g/mol. The number of hydrogen-bond acceptors (Lipinski definition) is 2. The molecule has 0 unspecified atom stereocenters. The largest absolute Gasteiger partial charge is 0.507 e. The molecule has 0 aliphatic carbocycles. The summed E-state index contributed by atoms with van der Waals surface area (Å²) in [6.45, 7) is 16.8. The van der Waals surface area contributed by atoms with Crippen molar-refractivity contribution in [1.82, 2.24) is 0 Å². The van der Waals surface area contributed by atoms with Crippen molar-refractivity contribution < 1.29 is 10.2 Å². The van der Waals surface area contributed by atoms with Crippen LogP contribution in [0.5, 0.6) is 11.5 Å². The Morgan fingerprint density at radius 1 is 0.615 bits per heavy atom. The Balaban J connectivity index is 2.41. The second kappa shape index (κ2) is 6.98. The highest BCUT2D eigenvalue weighted by Crippen LogP contribution is 2.40. The second-order valence-corrected chi connectivity index (χ2v) is 9.62. The molecule has 0 saturated heterocycles. The van der Waals surface area contributed by atoms with Gasteiger partial charge in [0.15, 0.2) is 0 Å². The average molecular weight is 355 g/mol. The first-order chi connectivity index (χ1) is 11.8. The van der Waals surface area contributed by atoms with Crippen molar-refractivity contribution in [2.75, 3.05) is 0 Å². The molecule has 0 heterocycles. The smallest absolute Gasteiger partial charge is 0.123 e. The fourth-order valence-electron chi connectivity index (χ4n) is 3.46. The molecule has 2 N–H and O–H groups in total. The van der Waals surface area contributed by atoms with Crippen LogP contribution in [0.15, 0.2) is 24.3 Å². The van der Waals surface area contributed by atoms with Gasteiger partial charge in [0.2, 0.25) is 0 Å². The van der Waals surface area contributed by atoms with E-state index in [2.05, 4.69) is 65.8 Å². The van der Waals surface area contributed by atoms with Gasteiger partial charge in [0, 0.05) is 0 Å². The summed E-state index contributed by atoms with van der Waals surface area (Å²) < 4.78 is 0. The van der Waals surface area contributed by atoms with Gasteiger partial charge in [0.1, 0.15) is 11.5 Å². The zero-order valence-corrected chi connectivity index (χ0v) is 17.6. The Kier molecular flexibility index (Phi) is 5.46. The van der Waals surface area contributed by atoms with Crippen LogP contribution in [0, 0.1) is 13.8 Å². The van der Waals surface area contributed by atoms with E-state index in [0.717, 1.165) is 35.1 Å². The van der Waals surface area contributed by atoms with Crippen LogP contribution in [0.3, 0.4) is 0 Å². The summed E-state index contributed by atoms with van der Waals surface area (Å²) in [7, 11) is 0. The monoisotopic (exact) mass is 354 g/mol. The maximum Gasteiger partial charge on any atom is 0.123 e. The number of aromatic hydroxyl groups is 2. The fraction of sp³-hybridized carbons (Fsp3) is 0.500. The Labute approximate surface area is 158 Å². The Bertz CT molecular complexity index is 744. The molecule has 2 aromatic carbocycles. The van der Waals surface area contributed by atoms with Crippen molar-refractivity contribution in [3.63, 3.8) is 0 Å². The molecule has 2 nitrogen and oxygen atoms in total. The van der Waals surface area contributed by atoms with Gasteiger partial charge in [-0.15, -0.1) is 0 Å². The first-order valence-corrected chi connectivity index (χ1v) is 9.46. The van der Waals surface area contributed by atoms with Crippen molar-refractivity contribution in [2.24, 2.45) is 0 Å². The van der Waals surface area contributed by atoms with Crippen LogP contribution in [0.4, 0.5) is 0 Å². The van der Waals surface area contributed by atoms with E-state index in [1.807, 2.05) is 13.8 Å². The summed E-state index contributed by atoms with van der Waals surface area (Å²) in [4.78, 5) is 0. The van der Waals surface area contributed by atoms with Gasteiger partial charge in [0.05, 0.1) is 0 Å². The van der Waals surface area contributed by atoms with Crippen molar-refractivity contribution in [1.29, 1.82) is 0 Å². The highest BCUT2D eigenvalue weighted by molar-refractivity contribution is 5.50. The van der Waals surface area contributed by atoms with Gasteiger partial charge >= 0.3 is 0 Å². The number of aryl methyl sites for hydroxylation is 4. The van der Waals surface area contributed by atoms with Gasteiger partial charge in [-0.2, -0.15) is 0 Å². The first-order valence-electron chi connectivity index (χ1n) is 9.46. The van der Waals surface area contributed by atoms with Crippen molar-refractivity contribution in [3.8, 4) is 11.5 Å². The van der Waals surface area contributed by atoms with Gasteiger partial charge in [0.25, 0.3) is 0 Å². The molecular formula is C24H34O2. The first kappa shape index (κ1) is 20.4. The lowest BCUT2D eigenvalue weighted by Crippen LogP contribution is -2.18. The molecule has 0 aromatic heterocycles. The molecule has 0 amide bonds. The van der Waals surface area contributed by atoms with Crippen LogP contribution in [0.1, 0.15) is 74.9 Å². The van der Waals surface area contributed by atoms with Crippen LogP contribution in [-0.2, 0) is 23.7 Å². The standard InChI is InChI=1S/C24H34O2/c1-15-11-17(12-16(2)21(15)25)9-10-18-13-19(23(3,4)5)22(26)20(14-18)24(6,7)8/h11-14,25-26H,9-10H2,1-8H3. The zero-order chi connectivity index (χ0) is 19.9. The van der Waals surface area contributed by atoms with Crippen molar-refractivity contribution in [2.45, 2.75) is 79.1 Å². The molecule has 26 heavy (non-hydrogen) atoms. The van der Waals surface area contributed by atoms with Crippen LogP contribution < -0.4 is 0 Å². The number of benzene rings is 2. The van der Waals surface area contributed by atoms with Crippen LogP contribution in [0.2, 0.25) is 0 Å². The fourth-order valence-corrected chi connectivity index (χ4v) is 3.46. The summed E-state index contributed by atoms with van der Waals surface area (Å²) in [5, 5.41) is 20.8. The van der Waals surface area contributed by atoms with Gasteiger partial charge < -0.3 is 10.2 Å². The Hall–Kier alpha value is -1.96. The molecule has 0 bridgehead atoms. The molecule has 2 aromatic rings. The maximum atomic E-state index is 10.8. The number of rotatable bonds is 3. The van der Waals surface area contributed by atoms with Gasteiger partial charge in [-0.05, 0) is 70.9 Å². The minimum Gasteiger partial charge on any atom is -0.507 e. The number of phenols is 2. The molecule has 142 valence electrons. The van der Waals surface area contributed by atoms with E-state index in [0.29, 0.717) is 11.5 Å². The third-order valence-corrected chi connectivity index (χ3v) is 5.04. The lowest BCUT2D eigenvalue weighted by Gasteiger charge is -2.28. The van der Waals surface area contributed by atoms with E-state index in [1.165, 1.54) is 11.1 Å². The normalized spacial score (nSPS) is 12.5. The second-order valence-electron chi connectivity index (χ2n) is 9.62. The van der Waals surface area contributed by atoms with E-state index in [-0.39, 0.29) is 10.8 Å². The third kappa shape index (κ3) is 4.41. The van der Waals surface area contributed by atoms with Gasteiger partial charge in [-0.3, -0.25) is 0 Å². The topological polar surface area (TPSA) is 40.5 Å². The number of hydrogen-bond donors (Lipinski definition) is 2. The lowest BCUT2D eigenvalue weighted by molar-refractivity contribution is 0.422. The van der Waals surface area contributed by atoms with E-state index in [9.17, 15) is 10.2 Å². The summed E-state index contributed by atoms with van der Waals surface area (Å²) in [5.41, 5.74) is 6.16. The van der Waals surface area contributed by atoms with Crippen molar-refractivity contribution >= 4 is 0 Å². The molecule has 0 atom stereocenters. The minimum atomic E-state index is -0.105. The van der Waals surface area contributed by atoms with Crippen LogP contribution in [0.25, 0.3) is 0 Å². The number of phenolic OH excluding ortho intramolecular Hbond substituents is 2. The molecule has 2 heteroatoms. The summed E-state index contributed by atoms with van der Waals surface area (Å²) in [6, 6.07) is 8.45. The molecule has 0 radical (unpaired) electrons. The molecule has 0 fully saturated rings.